The van der Waals surface area contributed by atoms with E-state index >= 15 is 0 Å². The smallest absolute Gasteiger partial charge is 0.246 e. The average Bonchev–Trinajstić information content (AvgIpc) is 3.21. The van der Waals surface area contributed by atoms with E-state index in [-0.39, 0.29) is 11.7 Å². The Morgan fingerprint density at radius 3 is 2.70 bits per heavy atom. The number of rotatable bonds is 5. The Kier molecular flexibility index (Phi) is 5.52. The van der Waals surface area contributed by atoms with E-state index in [0.717, 1.165) is 22.4 Å². The first-order valence-corrected chi connectivity index (χ1v) is 9.51. The van der Waals surface area contributed by atoms with Crippen LogP contribution in [-0.4, -0.2) is 36.7 Å². The third-order valence-electron chi connectivity index (χ3n) is 5.10. The number of methoxy groups -OCH3 is 2. The number of aromatic nitrogens is 1. The summed E-state index contributed by atoms with van der Waals surface area (Å²) in [6.07, 6.45) is 3.86. The molecule has 0 unspecified atom stereocenters. The molecule has 3 aromatic rings. The number of hydrogen-bond donors (Lipinski definition) is 0. The van der Waals surface area contributed by atoms with Crippen LogP contribution >= 0.6 is 0 Å². The second kappa shape index (κ2) is 8.41. The van der Waals surface area contributed by atoms with E-state index in [2.05, 4.69) is 5.16 Å². The molecule has 1 aromatic heterocycles. The average molecular weight is 408 g/mol. The molecule has 154 valence electrons. The van der Waals surface area contributed by atoms with Gasteiger partial charge in [-0.05, 0) is 42.5 Å². The fourth-order valence-electron chi connectivity index (χ4n) is 3.45. The van der Waals surface area contributed by atoms with Gasteiger partial charge in [-0.25, -0.2) is 4.39 Å². The van der Waals surface area contributed by atoms with Crippen LogP contribution in [0.15, 0.2) is 53.1 Å². The van der Waals surface area contributed by atoms with Crippen LogP contribution in [0.5, 0.6) is 11.5 Å². The maximum Gasteiger partial charge on any atom is 0.246 e. The van der Waals surface area contributed by atoms with Crippen molar-refractivity contribution in [3.05, 3.63) is 71.2 Å². The minimum absolute atomic E-state index is 0.121. The van der Waals surface area contributed by atoms with E-state index in [1.807, 2.05) is 12.1 Å². The van der Waals surface area contributed by atoms with Gasteiger partial charge in [-0.1, -0.05) is 5.16 Å². The molecule has 7 heteroatoms. The molecular formula is C23H21FN2O4. The maximum atomic E-state index is 13.2. The monoisotopic (exact) mass is 408 g/mol. The van der Waals surface area contributed by atoms with Crippen LogP contribution in [0.25, 0.3) is 17.4 Å². The molecule has 1 amide bonds. The van der Waals surface area contributed by atoms with Crippen molar-refractivity contribution in [2.75, 3.05) is 20.8 Å². The van der Waals surface area contributed by atoms with Gasteiger partial charge in [-0.2, -0.15) is 0 Å². The summed E-state index contributed by atoms with van der Waals surface area (Å²) in [6.45, 7) is 0.930. The topological polar surface area (TPSA) is 64.8 Å². The molecule has 0 N–H and O–H groups in total. The van der Waals surface area contributed by atoms with Crippen molar-refractivity contribution in [3.8, 4) is 22.8 Å². The summed E-state index contributed by atoms with van der Waals surface area (Å²) >= 11 is 0. The first-order valence-electron chi connectivity index (χ1n) is 9.51. The molecule has 0 saturated heterocycles. The standard InChI is InChI=1S/C23H21FN2O4/c1-28-18-9-5-15(21(13-18)29-2)6-10-22(27)26-12-11-20-19(14-26)23(30-25-20)16-3-7-17(24)8-4-16/h3-10,13H,11-12,14H2,1-2H3/b10-6+. The molecule has 0 saturated carbocycles. The molecule has 0 bridgehead atoms. The van der Waals surface area contributed by atoms with Crippen LogP contribution in [0.4, 0.5) is 4.39 Å². The van der Waals surface area contributed by atoms with Gasteiger partial charge in [0.2, 0.25) is 5.91 Å². The summed E-state index contributed by atoms with van der Waals surface area (Å²) in [5.74, 6) is 1.44. The summed E-state index contributed by atoms with van der Waals surface area (Å²) in [5.41, 5.74) is 3.20. The van der Waals surface area contributed by atoms with Gasteiger partial charge in [-0.3, -0.25) is 4.79 Å². The van der Waals surface area contributed by atoms with Crippen molar-refractivity contribution >= 4 is 12.0 Å². The number of ether oxygens (including phenoxy) is 2. The quantitative estimate of drug-likeness (QED) is 0.595. The predicted molar refractivity (Wildman–Crippen MR) is 110 cm³/mol. The lowest BCUT2D eigenvalue weighted by Gasteiger charge is -2.25. The molecule has 2 aromatic carbocycles. The number of nitrogens with zero attached hydrogens (tertiary/aromatic N) is 2. The number of carbonyl (C=O) groups excluding carboxylic acids is 1. The predicted octanol–water partition coefficient (Wildman–Crippen LogP) is 4.10. The summed E-state index contributed by atoms with van der Waals surface area (Å²) in [5, 5.41) is 4.13. The summed E-state index contributed by atoms with van der Waals surface area (Å²) in [4.78, 5) is 14.5. The highest BCUT2D eigenvalue weighted by Crippen LogP contribution is 2.31. The highest BCUT2D eigenvalue weighted by Gasteiger charge is 2.26. The Labute approximate surface area is 173 Å². The van der Waals surface area contributed by atoms with E-state index in [0.29, 0.717) is 36.8 Å². The van der Waals surface area contributed by atoms with Gasteiger partial charge >= 0.3 is 0 Å². The number of hydrogen-bond acceptors (Lipinski definition) is 5. The zero-order valence-electron chi connectivity index (χ0n) is 16.7. The van der Waals surface area contributed by atoms with Crippen LogP contribution in [0, 0.1) is 5.82 Å². The summed E-state index contributed by atoms with van der Waals surface area (Å²) in [6, 6.07) is 11.5. The number of amides is 1. The van der Waals surface area contributed by atoms with Crippen LogP contribution in [0.1, 0.15) is 16.8 Å². The van der Waals surface area contributed by atoms with Crippen molar-refractivity contribution in [2.45, 2.75) is 13.0 Å². The van der Waals surface area contributed by atoms with Gasteiger partial charge in [0, 0.05) is 41.8 Å². The van der Waals surface area contributed by atoms with E-state index in [1.54, 1.807) is 43.4 Å². The lowest BCUT2D eigenvalue weighted by atomic mass is 10.0. The minimum atomic E-state index is -0.317. The maximum absolute atomic E-state index is 13.2. The van der Waals surface area contributed by atoms with Crippen molar-refractivity contribution in [3.63, 3.8) is 0 Å². The second-order valence-electron chi connectivity index (χ2n) is 6.89. The van der Waals surface area contributed by atoms with Gasteiger partial charge < -0.3 is 18.9 Å². The molecule has 6 nitrogen and oxygen atoms in total. The van der Waals surface area contributed by atoms with Crippen LogP contribution < -0.4 is 9.47 Å². The number of carbonyl (C=O) groups is 1. The Morgan fingerprint density at radius 1 is 1.17 bits per heavy atom. The zero-order valence-corrected chi connectivity index (χ0v) is 16.7. The number of benzene rings is 2. The van der Waals surface area contributed by atoms with Crippen LogP contribution in [0.3, 0.4) is 0 Å². The molecule has 0 spiro atoms. The Hall–Kier alpha value is -3.61. The zero-order chi connectivity index (χ0) is 21.1. The van der Waals surface area contributed by atoms with Gasteiger partial charge in [0.25, 0.3) is 0 Å². The molecule has 0 fully saturated rings. The van der Waals surface area contributed by atoms with E-state index in [1.165, 1.54) is 18.2 Å². The highest BCUT2D eigenvalue weighted by atomic mass is 19.1. The lowest BCUT2D eigenvalue weighted by Crippen LogP contribution is -2.34. The minimum Gasteiger partial charge on any atom is -0.497 e. The van der Waals surface area contributed by atoms with E-state index in [4.69, 9.17) is 14.0 Å². The lowest BCUT2D eigenvalue weighted by molar-refractivity contribution is -0.126. The number of halogens is 1. The molecule has 0 radical (unpaired) electrons. The molecular weight excluding hydrogens is 387 g/mol. The Balaban J connectivity index is 1.52. The SMILES string of the molecule is COc1ccc(/C=C/C(=O)N2CCc3noc(-c4ccc(F)cc4)c3C2)c(OC)c1. The van der Waals surface area contributed by atoms with Gasteiger partial charge in [-0.15, -0.1) is 0 Å². The van der Waals surface area contributed by atoms with Gasteiger partial charge in [0.05, 0.1) is 26.5 Å². The molecule has 30 heavy (non-hydrogen) atoms. The van der Waals surface area contributed by atoms with Crippen molar-refractivity contribution in [1.29, 1.82) is 0 Å². The van der Waals surface area contributed by atoms with Gasteiger partial charge in [0.1, 0.15) is 17.3 Å². The van der Waals surface area contributed by atoms with Crippen molar-refractivity contribution in [1.82, 2.24) is 10.1 Å². The first-order chi connectivity index (χ1) is 14.6. The highest BCUT2D eigenvalue weighted by molar-refractivity contribution is 5.92. The molecule has 1 aliphatic heterocycles. The van der Waals surface area contributed by atoms with Crippen LogP contribution in [0.2, 0.25) is 0 Å². The first kappa shape index (κ1) is 19.7. The third-order valence-corrected chi connectivity index (χ3v) is 5.10. The van der Waals surface area contributed by atoms with Gasteiger partial charge in [0.15, 0.2) is 5.76 Å². The van der Waals surface area contributed by atoms with E-state index < -0.39 is 0 Å². The Bertz CT molecular complexity index is 1090. The fourth-order valence-corrected chi connectivity index (χ4v) is 3.45. The Morgan fingerprint density at radius 2 is 1.97 bits per heavy atom. The molecule has 1 aliphatic rings. The molecule has 0 atom stereocenters. The molecule has 2 heterocycles. The summed E-state index contributed by atoms with van der Waals surface area (Å²) in [7, 11) is 3.16. The fraction of sp³-hybridized carbons (Fsp3) is 0.217. The van der Waals surface area contributed by atoms with Crippen molar-refractivity contribution in [2.24, 2.45) is 0 Å². The summed E-state index contributed by atoms with van der Waals surface area (Å²) < 4.78 is 29.3. The molecule has 0 aliphatic carbocycles. The van der Waals surface area contributed by atoms with Crippen molar-refractivity contribution < 1.29 is 23.2 Å². The second-order valence-corrected chi connectivity index (χ2v) is 6.89. The third kappa shape index (κ3) is 3.91. The number of fused-ring (bicyclic) bond motifs is 1. The molecule has 4 rings (SSSR count). The van der Waals surface area contributed by atoms with Crippen LogP contribution in [-0.2, 0) is 17.8 Å². The normalized spacial score (nSPS) is 13.4. The largest absolute Gasteiger partial charge is 0.497 e. The van der Waals surface area contributed by atoms with E-state index in [9.17, 15) is 9.18 Å².